The number of fused-ring (bicyclic) bond motifs is 1. The van der Waals surface area contributed by atoms with Gasteiger partial charge in [-0.25, -0.2) is 14.4 Å². The van der Waals surface area contributed by atoms with Crippen molar-refractivity contribution in [2.45, 2.75) is 70.5 Å². The first-order valence-electron chi connectivity index (χ1n) is 15.9. The number of aromatic hydroxyl groups is 1. The summed E-state index contributed by atoms with van der Waals surface area (Å²) in [5, 5.41) is 17.1. The first-order chi connectivity index (χ1) is 22.4. The summed E-state index contributed by atoms with van der Waals surface area (Å²) in [5.41, 5.74) is 3.42. The molecule has 3 aromatic carbocycles. The maximum atomic E-state index is 13.5. The largest absolute Gasteiger partial charge is 0.507 e. The molecule has 0 radical (unpaired) electrons. The van der Waals surface area contributed by atoms with Crippen LogP contribution in [0, 0.1) is 5.92 Å². The molecule has 4 aromatic rings. The predicted octanol–water partition coefficient (Wildman–Crippen LogP) is 8.04. The van der Waals surface area contributed by atoms with Crippen LogP contribution >= 0.6 is 0 Å². The Labute approximate surface area is 267 Å². The van der Waals surface area contributed by atoms with Gasteiger partial charge in [0.1, 0.15) is 24.7 Å². The molecule has 9 nitrogen and oxygen atoms in total. The SMILES string of the molecule is O=C(Nc1cc(NC(=O)OCc2ccccc2)cc(C(c2c(O)c3c(oc2=O)CCCCCC3)C2CC2)c1)OCc1ccccc1. The van der Waals surface area contributed by atoms with Crippen molar-refractivity contribution >= 4 is 23.6 Å². The number of rotatable bonds is 9. The summed E-state index contributed by atoms with van der Waals surface area (Å²) in [6, 6.07) is 23.8. The molecule has 1 atom stereocenters. The molecule has 1 saturated carbocycles. The fourth-order valence-electron chi connectivity index (χ4n) is 6.13. The predicted molar refractivity (Wildman–Crippen MR) is 174 cm³/mol. The van der Waals surface area contributed by atoms with E-state index in [2.05, 4.69) is 10.6 Å². The van der Waals surface area contributed by atoms with Crippen molar-refractivity contribution in [3.63, 3.8) is 0 Å². The van der Waals surface area contributed by atoms with Gasteiger partial charge in [0.2, 0.25) is 0 Å². The van der Waals surface area contributed by atoms with Crippen LogP contribution in [0.25, 0.3) is 0 Å². The molecule has 1 fully saturated rings. The maximum Gasteiger partial charge on any atom is 0.411 e. The van der Waals surface area contributed by atoms with E-state index in [1.54, 1.807) is 18.2 Å². The Bertz CT molecular complexity index is 1660. The Morgan fingerprint density at radius 1 is 0.783 bits per heavy atom. The highest BCUT2D eigenvalue weighted by Crippen LogP contribution is 2.49. The van der Waals surface area contributed by atoms with E-state index in [4.69, 9.17) is 13.9 Å². The monoisotopic (exact) mass is 622 g/mol. The highest BCUT2D eigenvalue weighted by Gasteiger charge is 2.39. The van der Waals surface area contributed by atoms with Gasteiger partial charge in [0.25, 0.3) is 0 Å². The van der Waals surface area contributed by atoms with E-state index in [0.29, 0.717) is 41.1 Å². The molecule has 2 aliphatic carbocycles. The molecule has 0 saturated heterocycles. The number of benzene rings is 3. The highest BCUT2D eigenvalue weighted by atomic mass is 16.6. The Kier molecular flexibility index (Phi) is 9.67. The van der Waals surface area contributed by atoms with Crippen molar-refractivity contribution in [1.29, 1.82) is 0 Å². The van der Waals surface area contributed by atoms with E-state index >= 15 is 0 Å². The number of amides is 2. The Hall–Kier alpha value is -5.05. The summed E-state index contributed by atoms with van der Waals surface area (Å²) in [4.78, 5) is 39.2. The van der Waals surface area contributed by atoms with E-state index in [0.717, 1.165) is 49.7 Å². The van der Waals surface area contributed by atoms with Crippen LogP contribution in [0.2, 0.25) is 0 Å². The minimum Gasteiger partial charge on any atom is -0.507 e. The quantitative estimate of drug-likeness (QED) is 0.172. The van der Waals surface area contributed by atoms with Crippen LogP contribution < -0.4 is 16.3 Å². The molecule has 2 aliphatic rings. The average Bonchev–Trinajstić information content (AvgIpc) is 3.88. The van der Waals surface area contributed by atoms with Crippen LogP contribution in [0.15, 0.2) is 88.1 Å². The molecular weight excluding hydrogens is 584 g/mol. The fraction of sp³-hybridized carbons (Fsp3) is 0.324. The molecule has 3 N–H and O–H groups in total. The summed E-state index contributed by atoms with van der Waals surface area (Å²) in [6.07, 6.45) is 5.57. The van der Waals surface area contributed by atoms with Crippen molar-refractivity contribution in [2.75, 3.05) is 10.6 Å². The molecule has 238 valence electrons. The lowest BCUT2D eigenvalue weighted by Gasteiger charge is -2.22. The lowest BCUT2D eigenvalue weighted by atomic mass is 9.85. The molecule has 0 spiro atoms. The van der Waals surface area contributed by atoms with Gasteiger partial charge in [0, 0.05) is 29.3 Å². The van der Waals surface area contributed by atoms with Crippen LogP contribution in [-0.2, 0) is 35.5 Å². The second kappa shape index (κ2) is 14.4. The zero-order valence-electron chi connectivity index (χ0n) is 25.6. The number of ether oxygens (including phenoxy) is 2. The van der Waals surface area contributed by atoms with Gasteiger partial charge in [-0.1, -0.05) is 73.5 Å². The smallest absolute Gasteiger partial charge is 0.411 e. The number of nitrogens with one attached hydrogen (secondary N) is 2. The zero-order valence-corrected chi connectivity index (χ0v) is 25.6. The van der Waals surface area contributed by atoms with Crippen molar-refractivity contribution in [3.8, 4) is 5.75 Å². The molecule has 9 heteroatoms. The molecular formula is C37H38N2O7. The maximum absolute atomic E-state index is 13.5. The molecule has 2 amide bonds. The first-order valence-corrected chi connectivity index (χ1v) is 15.9. The summed E-state index contributed by atoms with van der Waals surface area (Å²) in [6.45, 7) is 0.163. The summed E-state index contributed by atoms with van der Waals surface area (Å²) >= 11 is 0. The van der Waals surface area contributed by atoms with Crippen molar-refractivity contribution in [2.24, 2.45) is 5.92 Å². The van der Waals surface area contributed by atoms with Crippen molar-refractivity contribution in [1.82, 2.24) is 0 Å². The molecule has 0 aliphatic heterocycles. The Morgan fingerprint density at radius 3 is 1.87 bits per heavy atom. The second-order valence-electron chi connectivity index (χ2n) is 12.0. The standard InChI is InChI=1S/C37H38N2O7/c40-34-30-15-9-1-2-10-16-31(30)46-35(41)33(34)32(26-17-18-26)27-19-28(38-36(42)44-22-24-11-5-3-6-12-24)21-29(20-27)39-37(43)45-23-25-13-7-4-8-14-25/h3-8,11-14,19-21,26,32,40H,1-2,9-10,15-18,22-23H2,(H,38,42)(H,39,43). The Balaban J connectivity index is 1.31. The number of aryl methyl sites for hydroxylation is 1. The van der Waals surface area contributed by atoms with Gasteiger partial charge in [0.05, 0.1) is 5.56 Å². The van der Waals surface area contributed by atoms with Gasteiger partial charge in [-0.05, 0) is 72.9 Å². The first kappa shape index (κ1) is 31.0. The van der Waals surface area contributed by atoms with Crippen LogP contribution in [0.5, 0.6) is 5.75 Å². The molecule has 46 heavy (non-hydrogen) atoms. The lowest BCUT2D eigenvalue weighted by molar-refractivity contribution is 0.154. The van der Waals surface area contributed by atoms with Crippen LogP contribution in [0.3, 0.4) is 0 Å². The average molecular weight is 623 g/mol. The summed E-state index contributed by atoms with van der Waals surface area (Å²) < 4.78 is 16.8. The summed E-state index contributed by atoms with van der Waals surface area (Å²) in [7, 11) is 0. The summed E-state index contributed by atoms with van der Waals surface area (Å²) in [5.74, 6) is 0.150. The number of carbonyl (C=O) groups excluding carboxylic acids is 2. The number of carbonyl (C=O) groups is 2. The third-order valence-electron chi connectivity index (χ3n) is 8.53. The third kappa shape index (κ3) is 7.77. The number of anilines is 2. The van der Waals surface area contributed by atoms with Gasteiger partial charge in [-0.2, -0.15) is 0 Å². The molecule has 1 unspecified atom stereocenters. The second-order valence-corrected chi connectivity index (χ2v) is 12.0. The lowest BCUT2D eigenvalue weighted by Crippen LogP contribution is -2.20. The van der Waals surface area contributed by atoms with Gasteiger partial charge >= 0.3 is 17.8 Å². The number of hydrogen-bond acceptors (Lipinski definition) is 7. The normalized spacial score (nSPS) is 15.0. The van der Waals surface area contributed by atoms with Gasteiger partial charge in [0.15, 0.2) is 0 Å². The van der Waals surface area contributed by atoms with E-state index in [9.17, 15) is 19.5 Å². The third-order valence-corrected chi connectivity index (χ3v) is 8.53. The molecule has 1 aromatic heterocycles. The van der Waals surface area contributed by atoms with Gasteiger partial charge < -0.3 is 19.0 Å². The van der Waals surface area contributed by atoms with Crippen molar-refractivity contribution in [3.05, 3.63) is 123 Å². The van der Waals surface area contributed by atoms with Crippen LogP contribution in [-0.4, -0.2) is 17.3 Å². The molecule has 6 rings (SSSR count). The molecule has 1 heterocycles. The van der Waals surface area contributed by atoms with E-state index in [-0.39, 0.29) is 30.4 Å². The topological polar surface area (TPSA) is 127 Å². The fourth-order valence-corrected chi connectivity index (χ4v) is 6.13. The van der Waals surface area contributed by atoms with Crippen LogP contribution in [0.1, 0.15) is 78.0 Å². The van der Waals surface area contributed by atoms with E-state index in [1.807, 2.05) is 60.7 Å². The van der Waals surface area contributed by atoms with E-state index < -0.39 is 23.7 Å². The molecule has 0 bridgehead atoms. The zero-order chi connectivity index (χ0) is 31.9. The van der Waals surface area contributed by atoms with Crippen molar-refractivity contribution < 1.29 is 28.6 Å². The Morgan fingerprint density at radius 2 is 1.33 bits per heavy atom. The van der Waals surface area contributed by atoms with E-state index in [1.165, 1.54) is 0 Å². The van der Waals surface area contributed by atoms with Gasteiger partial charge in [-0.15, -0.1) is 0 Å². The van der Waals surface area contributed by atoms with Gasteiger partial charge in [-0.3, -0.25) is 10.6 Å². The minimum atomic E-state index is -0.676. The number of hydrogen-bond donors (Lipinski definition) is 3. The highest BCUT2D eigenvalue weighted by molar-refractivity contribution is 5.89. The minimum absolute atomic E-state index is 0.00228. The van der Waals surface area contributed by atoms with Crippen LogP contribution in [0.4, 0.5) is 21.0 Å².